The molecule has 5 heteroatoms. The predicted molar refractivity (Wildman–Crippen MR) is 79.5 cm³/mol. The van der Waals surface area contributed by atoms with E-state index in [0.717, 1.165) is 31.0 Å². The summed E-state index contributed by atoms with van der Waals surface area (Å²) in [6.07, 6.45) is 3.80. The molecule has 1 heterocycles. The lowest BCUT2D eigenvalue weighted by molar-refractivity contribution is -0.132. The fourth-order valence-corrected chi connectivity index (χ4v) is 3.54. The molecule has 1 unspecified atom stereocenters. The molecule has 0 bridgehead atoms. The second-order valence-electron chi connectivity index (χ2n) is 5.47. The normalized spacial score (nSPS) is 23.4. The van der Waals surface area contributed by atoms with Gasteiger partial charge in [-0.1, -0.05) is 40.9 Å². The van der Waals surface area contributed by atoms with Crippen LogP contribution in [0.4, 0.5) is 0 Å². The number of rotatable bonds is 3. The number of para-hydroxylation sites is 2. The second-order valence-corrected chi connectivity index (χ2v) is 6.04. The van der Waals surface area contributed by atoms with Crippen molar-refractivity contribution in [3.05, 3.63) is 24.3 Å². The van der Waals surface area contributed by atoms with Crippen molar-refractivity contribution in [1.82, 2.24) is 5.32 Å². The first-order valence-corrected chi connectivity index (χ1v) is 8.11. The first-order valence-electron chi connectivity index (χ1n) is 6.99. The zero-order chi connectivity index (χ0) is 14.0. The number of carbonyl (C=O) groups excluding carboxylic acids is 1. The van der Waals surface area contributed by atoms with E-state index in [2.05, 4.69) is 21.2 Å². The highest BCUT2D eigenvalue weighted by Crippen LogP contribution is 2.33. The lowest BCUT2D eigenvalue weighted by Gasteiger charge is -2.32. The molecular weight excluding hydrogens is 322 g/mol. The highest BCUT2D eigenvalue weighted by atomic mass is 79.9. The van der Waals surface area contributed by atoms with E-state index < -0.39 is 6.10 Å². The van der Waals surface area contributed by atoms with Crippen LogP contribution in [0.15, 0.2) is 24.3 Å². The molecule has 1 saturated carbocycles. The van der Waals surface area contributed by atoms with Gasteiger partial charge in [0.1, 0.15) is 6.61 Å². The topological polar surface area (TPSA) is 47.6 Å². The molecule has 0 saturated heterocycles. The number of benzene rings is 1. The van der Waals surface area contributed by atoms with E-state index in [1.807, 2.05) is 24.3 Å². The Morgan fingerprint density at radius 1 is 1.30 bits per heavy atom. The summed E-state index contributed by atoms with van der Waals surface area (Å²) in [7, 11) is 0. The van der Waals surface area contributed by atoms with E-state index in [9.17, 15) is 4.79 Å². The van der Waals surface area contributed by atoms with Crippen LogP contribution in [0.1, 0.15) is 25.7 Å². The summed E-state index contributed by atoms with van der Waals surface area (Å²) < 4.78 is 11.3. The average Bonchev–Trinajstić information content (AvgIpc) is 2.96. The molecular formula is C15H18BrNO3. The molecule has 1 atom stereocenters. The number of hydrogen-bond acceptors (Lipinski definition) is 3. The molecule has 0 aromatic heterocycles. The second kappa shape index (κ2) is 5.64. The third kappa shape index (κ3) is 2.64. The van der Waals surface area contributed by atoms with Gasteiger partial charge in [-0.25, -0.2) is 0 Å². The van der Waals surface area contributed by atoms with Crippen molar-refractivity contribution in [1.29, 1.82) is 0 Å². The van der Waals surface area contributed by atoms with Crippen molar-refractivity contribution in [2.75, 3.05) is 11.9 Å². The molecule has 0 radical (unpaired) electrons. The van der Waals surface area contributed by atoms with Gasteiger partial charge in [0.15, 0.2) is 11.5 Å². The van der Waals surface area contributed by atoms with E-state index in [1.54, 1.807) is 0 Å². The monoisotopic (exact) mass is 339 g/mol. The maximum absolute atomic E-state index is 12.4. The Kier molecular flexibility index (Phi) is 3.87. The largest absolute Gasteiger partial charge is 0.485 e. The molecule has 1 N–H and O–H groups in total. The summed E-state index contributed by atoms with van der Waals surface area (Å²) in [6.45, 7) is 0.265. The smallest absolute Gasteiger partial charge is 0.265 e. The van der Waals surface area contributed by atoms with Gasteiger partial charge in [-0.3, -0.25) is 4.79 Å². The van der Waals surface area contributed by atoms with Crippen molar-refractivity contribution in [2.24, 2.45) is 0 Å². The number of hydrogen-bond donors (Lipinski definition) is 1. The molecule has 4 nitrogen and oxygen atoms in total. The number of carbonyl (C=O) groups is 1. The van der Waals surface area contributed by atoms with E-state index in [1.165, 1.54) is 0 Å². The van der Waals surface area contributed by atoms with Crippen LogP contribution in [0.25, 0.3) is 0 Å². The summed E-state index contributed by atoms with van der Waals surface area (Å²) in [5.41, 5.74) is -0.114. The predicted octanol–water partition coefficient (Wildman–Crippen LogP) is 2.65. The zero-order valence-corrected chi connectivity index (χ0v) is 12.8. The van der Waals surface area contributed by atoms with Gasteiger partial charge >= 0.3 is 0 Å². The summed E-state index contributed by atoms with van der Waals surface area (Å²) in [4.78, 5) is 12.4. The molecule has 3 rings (SSSR count). The van der Waals surface area contributed by atoms with Crippen LogP contribution >= 0.6 is 15.9 Å². The number of amides is 1. The molecule has 0 spiro atoms. The van der Waals surface area contributed by atoms with Gasteiger partial charge < -0.3 is 14.8 Å². The molecule has 1 aliphatic carbocycles. The Hall–Kier alpha value is -1.23. The molecule has 20 heavy (non-hydrogen) atoms. The molecule has 108 valence electrons. The van der Waals surface area contributed by atoms with Crippen LogP contribution in [0, 0.1) is 0 Å². The van der Waals surface area contributed by atoms with Crippen LogP contribution in [0.3, 0.4) is 0 Å². The molecule has 1 aromatic rings. The van der Waals surface area contributed by atoms with Crippen molar-refractivity contribution >= 4 is 21.8 Å². The molecule has 1 aromatic carbocycles. The summed E-state index contributed by atoms with van der Waals surface area (Å²) in [5.74, 6) is 1.26. The van der Waals surface area contributed by atoms with Crippen molar-refractivity contribution in [3.8, 4) is 11.5 Å². The Balaban J connectivity index is 1.67. The lowest BCUT2D eigenvalue weighted by Crippen LogP contribution is -2.54. The maximum atomic E-state index is 12.4. The van der Waals surface area contributed by atoms with E-state index >= 15 is 0 Å². The van der Waals surface area contributed by atoms with Gasteiger partial charge in [0.05, 0.1) is 0 Å². The van der Waals surface area contributed by atoms with Crippen LogP contribution in [-0.4, -0.2) is 29.5 Å². The van der Waals surface area contributed by atoms with Crippen LogP contribution in [0.5, 0.6) is 11.5 Å². The summed E-state index contributed by atoms with van der Waals surface area (Å²) in [5, 5.41) is 3.94. The third-order valence-electron chi connectivity index (χ3n) is 4.01. The molecule has 1 amide bonds. The summed E-state index contributed by atoms with van der Waals surface area (Å²) in [6, 6.07) is 7.44. The van der Waals surface area contributed by atoms with Crippen LogP contribution in [-0.2, 0) is 4.79 Å². The minimum Gasteiger partial charge on any atom is -0.485 e. The zero-order valence-electron chi connectivity index (χ0n) is 11.2. The van der Waals surface area contributed by atoms with Gasteiger partial charge in [0.25, 0.3) is 5.91 Å². The van der Waals surface area contributed by atoms with Crippen molar-refractivity contribution < 1.29 is 14.3 Å². The SMILES string of the molecule is O=C(NC1(CBr)CCCC1)C1COc2ccccc2O1. The molecule has 2 aliphatic rings. The van der Waals surface area contributed by atoms with E-state index in [-0.39, 0.29) is 18.1 Å². The number of halogens is 1. The first-order chi connectivity index (χ1) is 9.72. The Bertz CT molecular complexity index is 500. The molecule has 1 fully saturated rings. The van der Waals surface area contributed by atoms with Gasteiger partial charge in [-0.05, 0) is 25.0 Å². The fourth-order valence-electron chi connectivity index (χ4n) is 2.83. The fraction of sp³-hybridized carbons (Fsp3) is 0.533. The number of fused-ring (bicyclic) bond motifs is 1. The molecule has 1 aliphatic heterocycles. The van der Waals surface area contributed by atoms with Crippen molar-refractivity contribution in [3.63, 3.8) is 0 Å². The van der Waals surface area contributed by atoms with Gasteiger partial charge in [0.2, 0.25) is 6.10 Å². The average molecular weight is 340 g/mol. The Morgan fingerprint density at radius 2 is 2.00 bits per heavy atom. The Morgan fingerprint density at radius 3 is 2.70 bits per heavy atom. The minimum atomic E-state index is -0.568. The van der Waals surface area contributed by atoms with Gasteiger partial charge in [0, 0.05) is 10.9 Å². The number of nitrogens with one attached hydrogen (secondary N) is 1. The lowest BCUT2D eigenvalue weighted by atomic mass is 10.0. The van der Waals surface area contributed by atoms with E-state index in [4.69, 9.17) is 9.47 Å². The highest BCUT2D eigenvalue weighted by molar-refractivity contribution is 9.09. The maximum Gasteiger partial charge on any atom is 0.265 e. The number of alkyl halides is 1. The Labute approximate surface area is 127 Å². The number of ether oxygens (including phenoxy) is 2. The standard InChI is InChI=1S/C15H18BrNO3/c16-10-15(7-3-4-8-15)17-14(18)13-9-19-11-5-1-2-6-12(11)20-13/h1-2,5-6,13H,3-4,7-10H2,(H,17,18). The summed E-state index contributed by atoms with van der Waals surface area (Å²) >= 11 is 3.52. The van der Waals surface area contributed by atoms with Gasteiger partial charge in [-0.15, -0.1) is 0 Å². The third-order valence-corrected chi connectivity index (χ3v) is 5.08. The van der Waals surface area contributed by atoms with Crippen LogP contribution in [0.2, 0.25) is 0 Å². The first kappa shape index (κ1) is 13.7. The van der Waals surface area contributed by atoms with Crippen molar-refractivity contribution in [2.45, 2.75) is 37.3 Å². The highest BCUT2D eigenvalue weighted by Gasteiger charge is 2.37. The van der Waals surface area contributed by atoms with E-state index in [0.29, 0.717) is 11.5 Å². The minimum absolute atomic E-state index is 0.0825. The van der Waals surface area contributed by atoms with Gasteiger partial charge in [-0.2, -0.15) is 0 Å². The van der Waals surface area contributed by atoms with Crippen LogP contribution < -0.4 is 14.8 Å². The quantitative estimate of drug-likeness (QED) is 0.861.